The van der Waals surface area contributed by atoms with E-state index >= 15 is 0 Å². The number of rotatable bonds is 6. The Morgan fingerprint density at radius 3 is 2.41 bits per heavy atom. The van der Waals surface area contributed by atoms with Gasteiger partial charge in [-0.05, 0) is 31.5 Å². The van der Waals surface area contributed by atoms with E-state index in [9.17, 15) is 0 Å². The fraction of sp³-hybridized carbons (Fsp3) is 0.227. The number of ether oxygens (including phenoxy) is 2. The summed E-state index contributed by atoms with van der Waals surface area (Å²) in [6.45, 7) is 4.55. The van der Waals surface area contributed by atoms with Crippen LogP contribution in [-0.2, 0) is 6.54 Å². The van der Waals surface area contributed by atoms with E-state index in [-0.39, 0.29) is 0 Å². The SMILES string of the molecule is COc1cccc2c(NCc3ccccc3)nc(-n3c(OC)nc(C)c3C)nc12. The van der Waals surface area contributed by atoms with Crippen LogP contribution in [0.5, 0.6) is 11.8 Å². The molecule has 2 heterocycles. The highest BCUT2D eigenvalue weighted by atomic mass is 16.5. The highest BCUT2D eigenvalue weighted by molar-refractivity contribution is 5.93. The topological polar surface area (TPSA) is 74.1 Å². The molecule has 4 aromatic rings. The number of hydrogen-bond donors (Lipinski definition) is 1. The Morgan fingerprint density at radius 2 is 1.69 bits per heavy atom. The highest BCUT2D eigenvalue weighted by Crippen LogP contribution is 2.31. The molecule has 0 aliphatic heterocycles. The average Bonchev–Trinajstić information content (AvgIpc) is 3.05. The Kier molecular flexibility index (Phi) is 5.03. The number of aryl methyl sites for hydroxylation is 1. The summed E-state index contributed by atoms with van der Waals surface area (Å²) in [5.41, 5.74) is 3.67. The minimum Gasteiger partial charge on any atom is -0.494 e. The number of nitrogens with zero attached hydrogens (tertiary/aromatic N) is 4. The van der Waals surface area contributed by atoms with E-state index in [0.29, 0.717) is 24.3 Å². The zero-order valence-electron chi connectivity index (χ0n) is 16.9. The van der Waals surface area contributed by atoms with Crippen molar-refractivity contribution in [1.29, 1.82) is 0 Å². The molecule has 7 heteroatoms. The molecule has 0 saturated heterocycles. The Hall–Kier alpha value is -3.61. The maximum Gasteiger partial charge on any atom is 0.303 e. The van der Waals surface area contributed by atoms with Crippen LogP contribution >= 0.6 is 0 Å². The van der Waals surface area contributed by atoms with E-state index in [0.717, 1.165) is 33.7 Å². The van der Waals surface area contributed by atoms with Crippen LogP contribution < -0.4 is 14.8 Å². The standard InChI is InChI=1S/C22H23N5O2/c1-14-15(2)27(22(24-14)29-4)21-25-19-17(11-8-12-18(19)28-3)20(26-21)23-13-16-9-6-5-7-10-16/h5-12H,13H2,1-4H3,(H,23,25,26). The average molecular weight is 389 g/mol. The summed E-state index contributed by atoms with van der Waals surface area (Å²) in [7, 11) is 3.23. The van der Waals surface area contributed by atoms with Gasteiger partial charge in [-0.3, -0.25) is 0 Å². The van der Waals surface area contributed by atoms with Crippen LogP contribution in [0, 0.1) is 13.8 Å². The zero-order valence-corrected chi connectivity index (χ0v) is 16.9. The van der Waals surface area contributed by atoms with Crippen LogP contribution in [0.3, 0.4) is 0 Å². The first kappa shape index (κ1) is 18.7. The molecule has 0 aliphatic rings. The van der Waals surface area contributed by atoms with E-state index in [1.54, 1.807) is 14.2 Å². The maximum absolute atomic E-state index is 5.55. The molecule has 0 unspecified atom stereocenters. The third kappa shape index (κ3) is 3.47. The zero-order chi connectivity index (χ0) is 20.4. The molecule has 0 aliphatic carbocycles. The van der Waals surface area contributed by atoms with Crippen LogP contribution in [0.4, 0.5) is 5.82 Å². The van der Waals surface area contributed by atoms with E-state index in [1.807, 2.05) is 54.8 Å². The van der Waals surface area contributed by atoms with Gasteiger partial charge in [0.15, 0.2) is 0 Å². The van der Waals surface area contributed by atoms with E-state index < -0.39 is 0 Å². The summed E-state index contributed by atoms with van der Waals surface area (Å²) in [4.78, 5) is 14.1. The van der Waals surface area contributed by atoms with Crippen LogP contribution in [0.2, 0.25) is 0 Å². The number of aromatic nitrogens is 4. The molecule has 0 fully saturated rings. The minimum atomic E-state index is 0.447. The lowest BCUT2D eigenvalue weighted by atomic mass is 10.2. The first-order valence-corrected chi connectivity index (χ1v) is 9.35. The monoisotopic (exact) mass is 389 g/mol. The predicted octanol–water partition coefficient (Wildman–Crippen LogP) is 4.06. The Balaban J connectivity index is 1.88. The van der Waals surface area contributed by atoms with Crippen molar-refractivity contribution >= 4 is 16.7 Å². The Morgan fingerprint density at radius 1 is 0.897 bits per heavy atom. The van der Waals surface area contributed by atoms with Crippen LogP contribution in [-0.4, -0.2) is 33.7 Å². The third-order valence-electron chi connectivity index (χ3n) is 4.90. The van der Waals surface area contributed by atoms with Gasteiger partial charge in [0.2, 0.25) is 5.95 Å². The molecule has 0 spiro atoms. The summed E-state index contributed by atoms with van der Waals surface area (Å²) >= 11 is 0. The summed E-state index contributed by atoms with van der Waals surface area (Å²) < 4.78 is 12.8. The van der Waals surface area contributed by atoms with Crippen molar-refractivity contribution in [2.45, 2.75) is 20.4 Å². The summed E-state index contributed by atoms with van der Waals surface area (Å²) in [5, 5.41) is 4.33. The van der Waals surface area contributed by atoms with Crippen molar-refractivity contribution in [3.05, 3.63) is 65.5 Å². The number of nitrogens with one attached hydrogen (secondary N) is 1. The van der Waals surface area contributed by atoms with Gasteiger partial charge in [0.1, 0.15) is 17.1 Å². The lowest BCUT2D eigenvalue weighted by Gasteiger charge is -2.14. The molecular weight excluding hydrogens is 366 g/mol. The van der Waals surface area contributed by atoms with Crippen molar-refractivity contribution in [3.63, 3.8) is 0 Å². The molecule has 2 aromatic carbocycles. The lowest BCUT2D eigenvalue weighted by molar-refractivity contribution is 0.371. The fourth-order valence-corrected chi connectivity index (χ4v) is 3.25. The molecule has 0 saturated carbocycles. The molecule has 1 N–H and O–H groups in total. The van der Waals surface area contributed by atoms with Gasteiger partial charge < -0.3 is 14.8 Å². The van der Waals surface area contributed by atoms with Crippen LogP contribution in [0.1, 0.15) is 17.0 Å². The van der Waals surface area contributed by atoms with Gasteiger partial charge in [-0.15, -0.1) is 0 Å². The normalized spacial score (nSPS) is 10.9. The van der Waals surface area contributed by atoms with Crippen LogP contribution in [0.25, 0.3) is 16.9 Å². The molecule has 7 nitrogen and oxygen atoms in total. The van der Waals surface area contributed by atoms with E-state index in [1.165, 1.54) is 0 Å². The molecule has 0 bridgehead atoms. The molecule has 29 heavy (non-hydrogen) atoms. The van der Waals surface area contributed by atoms with E-state index in [4.69, 9.17) is 19.4 Å². The maximum atomic E-state index is 5.55. The fourth-order valence-electron chi connectivity index (χ4n) is 3.25. The van der Waals surface area contributed by atoms with Crippen molar-refractivity contribution in [1.82, 2.24) is 19.5 Å². The minimum absolute atomic E-state index is 0.447. The largest absolute Gasteiger partial charge is 0.494 e. The third-order valence-corrected chi connectivity index (χ3v) is 4.90. The van der Waals surface area contributed by atoms with Gasteiger partial charge in [-0.25, -0.2) is 9.55 Å². The molecule has 0 amide bonds. The van der Waals surface area contributed by atoms with Crippen molar-refractivity contribution < 1.29 is 9.47 Å². The first-order chi connectivity index (χ1) is 14.1. The number of imidazole rings is 1. The second kappa shape index (κ2) is 7.79. The molecule has 4 rings (SSSR count). The number of hydrogen-bond acceptors (Lipinski definition) is 6. The second-order valence-electron chi connectivity index (χ2n) is 6.67. The Bertz CT molecular complexity index is 1160. The van der Waals surface area contributed by atoms with Crippen molar-refractivity contribution in [2.24, 2.45) is 0 Å². The number of fused-ring (bicyclic) bond motifs is 1. The first-order valence-electron chi connectivity index (χ1n) is 9.35. The van der Waals surface area contributed by atoms with E-state index in [2.05, 4.69) is 22.4 Å². The van der Waals surface area contributed by atoms with Gasteiger partial charge in [-0.2, -0.15) is 9.97 Å². The highest BCUT2D eigenvalue weighted by Gasteiger charge is 2.19. The van der Waals surface area contributed by atoms with Gasteiger partial charge in [-0.1, -0.05) is 36.4 Å². The number of anilines is 1. The van der Waals surface area contributed by atoms with Gasteiger partial charge in [0.05, 0.1) is 19.9 Å². The number of methoxy groups -OCH3 is 2. The van der Waals surface area contributed by atoms with Crippen molar-refractivity contribution in [2.75, 3.05) is 19.5 Å². The van der Waals surface area contributed by atoms with Crippen molar-refractivity contribution in [3.8, 4) is 17.7 Å². The smallest absolute Gasteiger partial charge is 0.303 e. The molecular formula is C22H23N5O2. The van der Waals surface area contributed by atoms with Gasteiger partial charge >= 0.3 is 6.01 Å². The molecule has 0 atom stereocenters. The molecule has 0 radical (unpaired) electrons. The molecule has 148 valence electrons. The number of benzene rings is 2. The molecule has 2 aromatic heterocycles. The Labute approximate surface area is 169 Å². The van der Waals surface area contributed by atoms with Gasteiger partial charge in [0, 0.05) is 17.6 Å². The number of para-hydroxylation sites is 1. The summed E-state index contributed by atoms with van der Waals surface area (Å²) in [6.07, 6.45) is 0. The quantitative estimate of drug-likeness (QED) is 0.536. The second-order valence-corrected chi connectivity index (χ2v) is 6.67. The predicted molar refractivity (Wildman–Crippen MR) is 113 cm³/mol. The van der Waals surface area contributed by atoms with Crippen LogP contribution in [0.15, 0.2) is 48.5 Å². The van der Waals surface area contributed by atoms with Gasteiger partial charge in [0.25, 0.3) is 0 Å². The lowest BCUT2D eigenvalue weighted by Crippen LogP contribution is -2.10. The summed E-state index contributed by atoms with van der Waals surface area (Å²) in [5.74, 6) is 1.88. The summed E-state index contributed by atoms with van der Waals surface area (Å²) in [6, 6.07) is 16.4.